The lowest BCUT2D eigenvalue weighted by molar-refractivity contribution is -0.384. The van der Waals surface area contributed by atoms with Crippen LogP contribution >= 0.6 is 0 Å². The molecule has 0 atom stereocenters. The third kappa shape index (κ3) is 3.21. The van der Waals surface area contributed by atoms with Crippen molar-refractivity contribution in [3.05, 3.63) is 15.8 Å². The average Bonchev–Trinajstić information content (AvgIpc) is 3.10. The predicted molar refractivity (Wildman–Crippen MR) is 68.8 cm³/mol. The van der Waals surface area contributed by atoms with E-state index in [-0.39, 0.29) is 24.0 Å². The summed E-state index contributed by atoms with van der Waals surface area (Å²) in [6, 6.07) is 0. The molecule has 2 rings (SSSR count). The lowest BCUT2D eigenvalue weighted by Crippen LogP contribution is -2.31. The minimum absolute atomic E-state index is 0.00648. The Morgan fingerprint density at radius 1 is 1.58 bits per heavy atom. The van der Waals surface area contributed by atoms with Crippen molar-refractivity contribution in [2.75, 3.05) is 18.4 Å². The van der Waals surface area contributed by atoms with Gasteiger partial charge in [-0.15, -0.1) is 0 Å². The molecular weight excluding hydrogens is 250 g/mol. The lowest BCUT2D eigenvalue weighted by atomic mass is 10.3. The predicted octanol–water partition coefficient (Wildman–Crippen LogP) is 0.575. The maximum Gasteiger partial charge on any atom is 0.333 e. The van der Waals surface area contributed by atoms with Crippen LogP contribution in [0.15, 0.2) is 0 Å². The zero-order chi connectivity index (χ0) is 14.0. The van der Waals surface area contributed by atoms with E-state index in [1.54, 1.807) is 14.0 Å². The van der Waals surface area contributed by atoms with Crippen molar-refractivity contribution >= 4 is 17.4 Å². The number of amides is 1. The van der Waals surface area contributed by atoms with Crippen LogP contribution in [0.4, 0.5) is 11.5 Å². The van der Waals surface area contributed by atoms with Gasteiger partial charge in [-0.2, -0.15) is 5.10 Å². The number of aromatic nitrogens is 2. The van der Waals surface area contributed by atoms with Crippen molar-refractivity contribution in [1.29, 1.82) is 0 Å². The third-order valence-electron chi connectivity index (χ3n) is 3.07. The van der Waals surface area contributed by atoms with Crippen LogP contribution in [0.1, 0.15) is 18.5 Å². The van der Waals surface area contributed by atoms with Gasteiger partial charge < -0.3 is 10.6 Å². The van der Waals surface area contributed by atoms with Crippen LogP contribution in [0.5, 0.6) is 0 Å². The van der Waals surface area contributed by atoms with Gasteiger partial charge in [0.1, 0.15) is 5.69 Å². The molecule has 0 bridgehead atoms. The largest absolute Gasteiger partial charge is 0.355 e. The summed E-state index contributed by atoms with van der Waals surface area (Å²) in [5, 5.41) is 20.5. The monoisotopic (exact) mass is 267 g/mol. The fourth-order valence-corrected chi connectivity index (χ4v) is 1.87. The Balaban J connectivity index is 1.94. The summed E-state index contributed by atoms with van der Waals surface area (Å²) in [7, 11) is 1.60. The van der Waals surface area contributed by atoms with E-state index in [9.17, 15) is 14.9 Å². The summed E-state index contributed by atoms with van der Waals surface area (Å²) in [6.07, 6.45) is 2.33. The molecule has 8 nitrogen and oxygen atoms in total. The molecule has 1 amide bonds. The Morgan fingerprint density at radius 2 is 2.26 bits per heavy atom. The molecule has 1 heterocycles. The quantitative estimate of drug-likeness (QED) is 0.579. The number of hydrogen-bond donors (Lipinski definition) is 2. The van der Waals surface area contributed by atoms with Gasteiger partial charge in [0.25, 0.3) is 0 Å². The van der Waals surface area contributed by atoms with Crippen LogP contribution in [0.3, 0.4) is 0 Å². The molecule has 104 valence electrons. The van der Waals surface area contributed by atoms with E-state index in [0.29, 0.717) is 18.2 Å². The number of rotatable bonds is 6. The molecule has 0 saturated heterocycles. The summed E-state index contributed by atoms with van der Waals surface area (Å²) in [5.41, 5.74) is 0.242. The fourth-order valence-electron chi connectivity index (χ4n) is 1.87. The van der Waals surface area contributed by atoms with E-state index in [4.69, 9.17) is 0 Å². The zero-order valence-electron chi connectivity index (χ0n) is 11.0. The molecule has 19 heavy (non-hydrogen) atoms. The first kappa shape index (κ1) is 13.3. The minimum atomic E-state index is -0.493. The average molecular weight is 267 g/mol. The second-order valence-electron chi connectivity index (χ2n) is 4.76. The second-order valence-corrected chi connectivity index (χ2v) is 4.76. The fraction of sp³-hybridized carbons (Fsp3) is 0.636. The Kier molecular flexibility index (Phi) is 3.68. The van der Waals surface area contributed by atoms with Crippen molar-refractivity contribution in [2.24, 2.45) is 13.0 Å². The highest BCUT2D eigenvalue weighted by molar-refractivity contribution is 5.81. The molecule has 1 aromatic heterocycles. The normalized spacial score (nSPS) is 14.2. The van der Waals surface area contributed by atoms with Gasteiger partial charge in [0.15, 0.2) is 0 Å². The molecule has 1 fully saturated rings. The molecule has 1 aliphatic rings. The maximum atomic E-state index is 11.6. The van der Waals surface area contributed by atoms with Crippen LogP contribution < -0.4 is 10.6 Å². The molecule has 0 aliphatic heterocycles. The summed E-state index contributed by atoms with van der Waals surface area (Å²) < 4.78 is 1.38. The molecule has 2 N–H and O–H groups in total. The van der Waals surface area contributed by atoms with Crippen molar-refractivity contribution in [1.82, 2.24) is 15.1 Å². The standard InChI is InChI=1S/C11H17N5O3/c1-7-10(16(18)19)11(15(2)14-7)13-6-9(17)12-5-8-3-4-8/h8,13H,3-6H2,1-2H3,(H,12,17). The Labute approximate surface area is 110 Å². The van der Waals surface area contributed by atoms with E-state index in [1.165, 1.54) is 17.5 Å². The number of carbonyl (C=O) groups excluding carboxylic acids is 1. The van der Waals surface area contributed by atoms with Gasteiger partial charge in [0.2, 0.25) is 11.7 Å². The first-order valence-electron chi connectivity index (χ1n) is 6.17. The summed E-state index contributed by atoms with van der Waals surface area (Å²) in [6.45, 7) is 2.26. The van der Waals surface area contributed by atoms with Crippen LogP contribution in [-0.2, 0) is 11.8 Å². The molecule has 0 unspecified atom stereocenters. The third-order valence-corrected chi connectivity index (χ3v) is 3.07. The Hall–Kier alpha value is -2.12. The summed E-state index contributed by atoms with van der Waals surface area (Å²) >= 11 is 0. The molecular formula is C11H17N5O3. The van der Waals surface area contributed by atoms with Crippen molar-refractivity contribution in [3.8, 4) is 0 Å². The first-order chi connectivity index (χ1) is 8.99. The van der Waals surface area contributed by atoms with Gasteiger partial charge in [-0.05, 0) is 25.7 Å². The van der Waals surface area contributed by atoms with E-state index in [2.05, 4.69) is 15.7 Å². The molecule has 8 heteroatoms. The van der Waals surface area contributed by atoms with Crippen LogP contribution in [0, 0.1) is 23.0 Å². The topological polar surface area (TPSA) is 102 Å². The highest BCUT2D eigenvalue weighted by atomic mass is 16.6. The number of nitrogens with one attached hydrogen (secondary N) is 2. The van der Waals surface area contributed by atoms with E-state index >= 15 is 0 Å². The molecule has 0 aromatic carbocycles. The summed E-state index contributed by atoms with van der Waals surface area (Å²) in [5.74, 6) is 0.696. The van der Waals surface area contributed by atoms with Crippen LogP contribution in [-0.4, -0.2) is 33.7 Å². The van der Waals surface area contributed by atoms with Gasteiger partial charge in [-0.1, -0.05) is 0 Å². The number of nitrogens with zero attached hydrogens (tertiary/aromatic N) is 3. The minimum Gasteiger partial charge on any atom is -0.355 e. The number of aryl methyl sites for hydroxylation is 2. The SMILES string of the molecule is Cc1nn(C)c(NCC(=O)NCC2CC2)c1[N+](=O)[O-]. The van der Waals surface area contributed by atoms with Gasteiger partial charge in [0, 0.05) is 13.6 Å². The molecule has 0 spiro atoms. The number of carbonyl (C=O) groups is 1. The first-order valence-corrected chi connectivity index (χ1v) is 6.17. The van der Waals surface area contributed by atoms with Crippen molar-refractivity contribution in [3.63, 3.8) is 0 Å². The Bertz CT molecular complexity index is 507. The van der Waals surface area contributed by atoms with Crippen LogP contribution in [0.2, 0.25) is 0 Å². The van der Waals surface area contributed by atoms with Gasteiger partial charge in [-0.25, -0.2) is 4.68 Å². The van der Waals surface area contributed by atoms with Crippen LogP contribution in [0.25, 0.3) is 0 Å². The maximum absolute atomic E-state index is 11.6. The Morgan fingerprint density at radius 3 is 2.84 bits per heavy atom. The summed E-state index contributed by atoms with van der Waals surface area (Å²) in [4.78, 5) is 22.0. The zero-order valence-corrected chi connectivity index (χ0v) is 11.0. The van der Waals surface area contributed by atoms with Crippen molar-refractivity contribution in [2.45, 2.75) is 19.8 Å². The number of nitro groups is 1. The van der Waals surface area contributed by atoms with Crippen molar-refractivity contribution < 1.29 is 9.72 Å². The van der Waals surface area contributed by atoms with Gasteiger partial charge >= 0.3 is 5.69 Å². The van der Waals surface area contributed by atoms with E-state index < -0.39 is 4.92 Å². The molecule has 1 saturated carbocycles. The van der Waals surface area contributed by atoms with E-state index in [1.807, 2.05) is 0 Å². The van der Waals surface area contributed by atoms with Gasteiger partial charge in [0.05, 0.1) is 11.5 Å². The smallest absolute Gasteiger partial charge is 0.333 e. The van der Waals surface area contributed by atoms with Gasteiger partial charge in [-0.3, -0.25) is 14.9 Å². The highest BCUT2D eigenvalue weighted by Gasteiger charge is 2.25. The second kappa shape index (κ2) is 5.25. The highest BCUT2D eigenvalue weighted by Crippen LogP contribution is 2.28. The number of anilines is 1. The molecule has 1 aromatic rings. The van der Waals surface area contributed by atoms with E-state index in [0.717, 1.165) is 0 Å². The molecule has 1 aliphatic carbocycles. The lowest BCUT2D eigenvalue weighted by Gasteiger charge is -2.07. The molecule has 0 radical (unpaired) electrons. The number of hydrogen-bond acceptors (Lipinski definition) is 5.